The Kier molecular flexibility index (Phi) is 4.42. The van der Waals surface area contributed by atoms with Crippen molar-refractivity contribution in [1.82, 2.24) is 9.55 Å². The summed E-state index contributed by atoms with van der Waals surface area (Å²) < 4.78 is 2.21. The summed E-state index contributed by atoms with van der Waals surface area (Å²) in [6.45, 7) is 7.46. The van der Waals surface area contributed by atoms with Gasteiger partial charge in [0.05, 0.1) is 11.7 Å². The van der Waals surface area contributed by atoms with Crippen LogP contribution in [0.15, 0.2) is 23.7 Å². The number of aryl methyl sites for hydroxylation is 2. The minimum Gasteiger partial charge on any atom is -0.348 e. The largest absolute Gasteiger partial charge is 0.348 e. The van der Waals surface area contributed by atoms with Crippen molar-refractivity contribution in [3.63, 3.8) is 0 Å². The van der Waals surface area contributed by atoms with Crippen molar-refractivity contribution in [3.8, 4) is 0 Å². The van der Waals surface area contributed by atoms with Gasteiger partial charge in [0.25, 0.3) is 0 Å². The summed E-state index contributed by atoms with van der Waals surface area (Å²) in [6.07, 6.45) is 4.31. The van der Waals surface area contributed by atoms with Gasteiger partial charge in [-0.05, 0) is 31.2 Å². The lowest BCUT2D eigenvalue weighted by Gasteiger charge is -2.17. The van der Waals surface area contributed by atoms with Gasteiger partial charge in [0.15, 0.2) is 0 Å². The Balaban J connectivity index is 2.16. The third-order valence-electron chi connectivity index (χ3n) is 2.96. The van der Waals surface area contributed by atoms with E-state index in [1.165, 1.54) is 4.88 Å². The van der Waals surface area contributed by atoms with Crippen molar-refractivity contribution in [1.29, 1.82) is 0 Å². The lowest BCUT2D eigenvalue weighted by Crippen LogP contribution is -2.12. The molecule has 1 atom stereocenters. The van der Waals surface area contributed by atoms with Gasteiger partial charge in [-0.2, -0.15) is 0 Å². The third-order valence-corrected chi connectivity index (χ3v) is 3.95. The number of hydrogen-bond acceptors (Lipinski definition) is 3. The molecule has 4 heteroatoms. The van der Waals surface area contributed by atoms with Crippen LogP contribution in [0.25, 0.3) is 0 Å². The molecular weight excluding hydrogens is 242 g/mol. The molecule has 0 bridgehead atoms. The van der Waals surface area contributed by atoms with Crippen molar-refractivity contribution in [3.05, 3.63) is 34.3 Å². The highest BCUT2D eigenvalue weighted by Crippen LogP contribution is 2.26. The average molecular weight is 263 g/mol. The van der Waals surface area contributed by atoms with E-state index in [4.69, 9.17) is 0 Å². The predicted molar refractivity (Wildman–Crippen MR) is 78.2 cm³/mol. The summed E-state index contributed by atoms with van der Waals surface area (Å²) in [5.41, 5.74) is 1.08. The maximum atomic E-state index is 4.58. The first-order chi connectivity index (χ1) is 8.74. The van der Waals surface area contributed by atoms with Crippen LogP contribution in [0.4, 0.5) is 5.95 Å². The fraction of sp³-hybridized carbons (Fsp3) is 0.500. The normalized spacial score (nSPS) is 12.6. The van der Waals surface area contributed by atoms with Crippen LogP contribution < -0.4 is 5.32 Å². The van der Waals surface area contributed by atoms with E-state index in [-0.39, 0.29) is 0 Å². The summed E-state index contributed by atoms with van der Waals surface area (Å²) in [7, 11) is 0. The zero-order valence-corrected chi connectivity index (χ0v) is 12.1. The number of imidazole rings is 1. The van der Waals surface area contributed by atoms with Crippen LogP contribution in [0.3, 0.4) is 0 Å². The van der Waals surface area contributed by atoms with Crippen molar-refractivity contribution < 1.29 is 0 Å². The molecule has 2 heterocycles. The summed E-state index contributed by atoms with van der Waals surface area (Å²) in [4.78, 5) is 5.96. The first-order valence-corrected chi connectivity index (χ1v) is 7.46. The van der Waals surface area contributed by atoms with Crippen LogP contribution in [0, 0.1) is 6.92 Å². The molecule has 0 amide bonds. The maximum absolute atomic E-state index is 4.58. The van der Waals surface area contributed by atoms with Crippen molar-refractivity contribution in [2.45, 2.75) is 46.2 Å². The molecular formula is C14H21N3S. The van der Waals surface area contributed by atoms with Gasteiger partial charge in [0.1, 0.15) is 0 Å². The lowest BCUT2D eigenvalue weighted by molar-refractivity contribution is 0.664. The van der Waals surface area contributed by atoms with E-state index in [1.807, 2.05) is 6.92 Å². The van der Waals surface area contributed by atoms with Crippen molar-refractivity contribution >= 4 is 17.3 Å². The molecule has 2 rings (SSSR count). The van der Waals surface area contributed by atoms with E-state index in [9.17, 15) is 0 Å². The van der Waals surface area contributed by atoms with E-state index in [0.29, 0.717) is 6.04 Å². The minimum absolute atomic E-state index is 0.363. The fourth-order valence-electron chi connectivity index (χ4n) is 2.09. The highest BCUT2D eigenvalue weighted by Gasteiger charge is 2.13. The quantitative estimate of drug-likeness (QED) is 0.845. The Morgan fingerprint density at radius 1 is 1.44 bits per heavy atom. The number of hydrogen-bond donors (Lipinski definition) is 1. The van der Waals surface area contributed by atoms with Crippen LogP contribution in [0.5, 0.6) is 0 Å². The molecule has 0 saturated carbocycles. The number of nitrogens with one attached hydrogen (secondary N) is 1. The first kappa shape index (κ1) is 13.1. The highest BCUT2D eigenvalue weighted by molar-refractivity contribution is 7.10. The number of thiophene rings is 1. The van der Waals surface area contributed by atoms with E-state index in [1.54, 1.807) is 11.3 Å². The van der Waals surface area contributed by atoms with Gasteiger partial charge in [0.2, 0.25) is 5.95 Å². The molecule has 0 spiro atoms. The molecule has 0 aliphatic rings. The molecule has 2 aromatic heterocycles. The Bertz CT molecular complexity index is 473. The molecule has 0 fully saturated rings. The molecule has 0 saturated heterocycles. The maximum Gasteiger partial charge on any atom is 0.203 e. The van der Waals surface area contributed by atoms with Crippen LogP contribution in [-0.2, 0) is 6.54 Å². The molecule has 0 aliphatic carbocycles. The second kappa shape index (κ2) is 6.05. The molecule has 3 nitrogen and oxygen atoms in total. The molecule has 0 radical (unpaired) electrons. The molecule has 1 unspecified atom stereocenters. The lowest BCUT2D eigenvalue weighted by atomic mass is 10.2. The molecule has 0 aliphatic heterocycles. The second-order valence-electron chi connectivity index (χ2n) is 4.52. The summed E-state index contributed by atoms with van der Waals surface area (Å²) in [5.74, 6) is 0.995. The zero-order valence-electron chi connectivity index (χ0n) is 11.3. The van der Waals surface area contributed by atoms with Crippen LogP contribution in [0.1, 0.15) is 43.3 Å². The van der Waals surface area contributed by atoms with Gasteiger partial charge in [-0.25, -0.2) is 4.98 Å². The Morgan fingerprint density at radius 3 is 2.89 bits per heavy atom. The number of rotatable bonds is 6. The standard InChI is InChI=1S/C14H21N3S/c1-4-8-17-10-11(3)15-14(17)16-12(5-2)13-7-6-9-18-13/h6-7,9-10,12H,4-5,8H2,1-3H3,(H,15,16). The topological polar surface area (TPSA) is 29.9 Å². The SMILES string of the molecule is CCCn1cc(C)nc1NC(CC)c1cccs1. The van der Waals surface area contributed by atoms with Gasteiger partial charge in [0, 0.05) is 17.6 Å². The summed E-state index contributed by atoms with van der Waals surface area (Å²) in [6, 6.07) is 4.65. The molecule has 98 valence electrons. The Morgan fingerprint density at radius 2 is 2.28 bits per heavy atom. The Labute approximate surface area is 113 Å². The summed E-state index contributed by atoms with van der Waals surface area (Å²) >= 11 is 1.80. The van der Waals surface area contributed by atoms with E-state index in [0.717, 1.165) is 31.0 Å². The van der Waals surface area contributed by atoms with Gasteiger partial charge in [-0.1, -0.05) is 19.9 Å². The van der Waals surface area contributed by atoms with E-state index >= 15 is 0 Å². The minimum atomic E-state index is 0.363. The average Bonchev–Trinajstić information content (AvgIpc) is 2.97. The Hall–Kier alpha value is -1.29. The number of aromatic nitrogens is 2. The number of anilines is 1. The van der Waals surface area contributed by atoms with Crippen LogP contribution >= 0.6 is 11.3 Å². The number of nitrogens with zero attached hydrogens (tertiary/aromatic N) is 2. The van der Waals surface area contributed by atoms with Gasteiger partial charge >= 0.3 is 0 Å². The molecule has 1 N–H and O–H groups in total. The molecule has 18 heavy (non-hydrogen) atoms. The highest BCUT2D eigenvalue weighted by atomic mass is 32.1. The van der Waals surface area contributed by atoms with Crippen molar-refractivity contribution in [2.75, 3.05) is 5.32 Å². The van der Waals surface area contributed by atoms with E-state index in [2.05, 4.69) is 52.4 Å². The zero-order chi connectivity index (χ0) is 13.0. The van der Waals surface area contributed by atoms with Gasteiger partial charge in [-0.15, -0.1) is 11.3 Å². The van der Waals surface area contributed by atoms with Crippen molar-refractivity contribution in [2.24, 2.45) is 0 Å². The first-order valence-electron chi connectivity index (χ1n) is 6.58. The van der Waals surface area contributed by atoms with Gasteiger partial charge in [-0.3, -0.25) is 0 Å². The molecule has 0 aromatic carbocycles. The second-order valence-corrected chi connectivity index (χ2v) is 5.50. The monoisotopic (exact) mass is 263 g/mol. The van der Waals surface area contributed by atoms with Gasteiger partial charge < -0.3 is 9.88 Å². The van der Waals surface area contributed by atoms with E-state index < -0.39 is 0 Å². The summed E-state index contributed by atoms with van der Waals surface area (Å²) in [5, 5.41) is 5.70. The van der Waals surface area contributed by atoms with Crippen LogP contribution in [0.2, 0.25) is 0 Å². The smallest absolute Gasteiger partial charge is 0.203 e. The third kappa shape index (κ3) is 2.93. The predicted octanol–water partition coefficient (Wildman–Crippen LogP) is 4.23. The molecule has 2 aromatic rings. The van der Waals surface area contributed by atoms with Crippen LogP contribution in [-0.4, -0.2) is 9.55 Å². The fourth-order valence-corrected chi connectivity index (χ4v) is 2.95.